The first kappa shape index (κ1) is 15.2. The first-order valence-corrected chi connectivity index (χ1v) is 6.80. The SMILES string of the molecule is CCCC(C)(O)CNc1nc(Cl)c(C(=O)OC)s1. The summed E-state index contributed by atoms with van der Waals surface area (Å²) >= 11 is 6.94. The van der Waals surface area contributed by atoms with Crippen molar-refractivity contribution in [3.63, 3.8) is 0 Å². The van der Waals surface area contributed by atoms with E-state index in [4.69, 9.17) is 11.6 Å². The molecule has 0 spiro atoms. The van der Waals surface area contributed by atoms with Crippen LogP contribution in [0.3, 0.4) is 0 Å². The van der Waals surface area contributed by atoms with E-state index in [1.54, 1.807) is 6.92 Å². The van der Waals surface area contributed by atoms with Crippen molar-refractivity contribution in [2.45, 2.75) is 32.3 Å². The lowest BCUT2D eigenvalue weighted by Gasteiger charge is -2.22. The third kappa shape index (κ3) is 4.12. The van der Waals surface area contributed by atoms with Gasteiger partial charge < -0.3 is 15.2 Å². The number of halogens is 1. The van der Waals surface area contributed by atoms with Gasteiger partial charge in [-0.3, -0.25) is 0 Å². The van der Waals surface area contributed by atoms with Gasteiger partial charge in [0.05, 0.1) is 12.7 Å². The van der Waals surface area contributed by atoms with Crippen LogP contribution in [0.2, 0.25) is 5.15 Å². The monoisotopic (exact) mass is 292 g/mol. The molecule has 0 radical (unpaired) electrons. The molecule has 0 aliphatic rings. The van der Waals surface area contributed by atoms with Gasteiger partial charge >= 0.3 is 5.97 Å². The quantitative estimate of drug-likeness (QED) is 0.789. The summed E-state index contributed by atoms with van der Waals surface area (Å²) in [4.78, 5) is 15.6. The summed E-state index contributed by atoms with van der Waals surface area (Å²) in [5.41, 5.74) is -0.807. The highest BCUT2D eigenvalue weighted by Gasteiger charge is 2.21. The van der Waals surface area contributed by atoms with E-state index in [1.807, 2.05) is 6.92 Å². The highest BCUT2D eigenvalue weighted by Crippen LogP contribution is 2.28. The van der Waals surface area contributed by atoms with Gasteiger partial charge in [0.25, 0.3) is 0 Å². The van der Waals surface area contributed by atoms with E-state index in [2.05, 4.69) is 15.0 Å². The number of rotatable bonds is 6. The number of esters is 1. The maximum Gasteiger partial charge on any atom is 0.351 e. The van der Waals surface area contributed by atoms with Gasteiger partial charge in [-0.1, -0.05) is 36.3 Å². The van der Waals surface area contributed by atoms with Crippen LogP contribution in [0.5, 0.6) is 0 Å². The maximum absolute atomic E-state index is 11.3. The highest BCUT2D eigenvalue weighted by atomic mass is 35.5. The number of methoxy groups -OCH3 is 1. The Morgan fingerprint density at radius 3 is 2.89 bits per heavy atom. The van der Waals surface area contributed by atoms with Crippen molar-refractivity contribution < 1.29 is 14.6 Å². The number of carbonyl (C=O) groups is 1. The summed E-state index contributed by atoms with van der Waals surface area (Å²) in [5, 5.41) is 13.6. The van der Waals surface area contributed by atoms with Crippen molar-refractivity contribution in [2.24, 2.45) is 0 Å². The zero-order chi connectivity index (χ0) is 13.8. The standard InChI is InChI=1S/C11H17ClN2O3S/c1-4-5-11(2,16)6-13-10-14-8(12)7(18-10)9(15)17-3/h16H,4-6H2,1-3H3,(H,13,14). The van der Waals surface area contributed by atoms with Crippen LogP contribution in [0, 0.1) is 0 Å². The average molecular weight is 293 g/mol. The van der Waals surface area contributed by atoms with Crippen molar-refractivity contribution in [1.82, 2.24) is 4.98 Å². The molecule has 0 saturated carbocycles. The van der Waals surface area contributed by atoms with Crippen LogP contribution < -0.4 is 5.32 Å². The second-order valence-electron chi connectivity index (χ2n) is 4.23. The maximum atomic E-state index is 11.3. The van der Waals surface area contributed by atoms with E-state index in [0.717, 1.165) is 17.8 Å². The Kier molecular flexibility index (Phi) is 5.37. The van der Waals surface area contributed by atoms with Crippen LogP contribution in [0.25, 0.3) is 0 Å². The van der Waals surface area contributed by atoms with Crippen LogP contribution in [0.15, 0.2) is 0 Å². The minimum atomic E-state index is -0.807. The van der Waals surface area contributed by atoms with E-state index in [1.165, 1.54) is 7.11 Å². The molecule has 0 amide bonds. The van der Waals surface area contributed by atoms with Gasteiger partial charge in [-0.05, 0) is 13.3 Å². The van der Waals surface area contributed by atoms with Crippen LogP contribution in [-0.2, 0) is 4.74 Å². The van der Waals surface area contributed by atoms with Gasteiger partial charge in [-0.2, -0.15) is 0 Å². The molecule has 1 aromatic heterocycles. The molecule has 102 valence electrons. The first-order chi connectivity index (χ1) is 8.39. The fraction of sp³-hybridized carbons (Fsp3) is 0.636. The molecule has 0 aliphatic heterocycles. The number of nitrogens with one attached hydrogen (secondary N) is 1. The van der Waals surface area contributed by atoms with Crippen molar-refractivity contribution in [3.05, 3.63) is 10.0 Å². The molecule has 1 heterocycles. The van der Waals surface area contributed by atoms with Crippen LogP contribution in [0.1, 0.15) is 36.4 Å². The first-order valence-electron chi connectivity index (χ1n) is 5.60. The van der Waals surface area contributed by atoms with Crippen molar-refractivity contribution in [3.8, 4) is 0 Å². The molecule has 1 atom stereocenters. The van der Waals surface area contributed by atoms with E-state index in [0.29, 0.717) is 18.1 Å². The van der Waals surface area contributed by atoms with Gasteiger partial charge in [0.2, 0.25) is 0 Å². The highest BCUT2D eigenvalue weighted by molar-refractivity contribution is 7.18. The minimum absolute atomic E-state index is 0.115. The number of carbonyl (C=O) groups excluding carboxylic acids is 1. The normalized spacial score (nSPS) is 14.1. The molecular weight excluding hydrogens is 276 g/mol. The topological polar surface area (TPSA) is 71.5 Å². The minimum Gasteiger partial charge on any atom is -0.465 e. The number of anilines is 1. The lowest BCUT2D eigenvalue weighted by atomic mass is 10.0. The van der Waals surface area contributed by atoms with Gasteiger partial charge in [-0.15, -0.1) is 0 Å². The summed E-state index contributed by atoms with van der Waals surface area (Å²) in [7, 11) is 1.29. The molecule has 7 heteroatoms. The Morgan fingerprint density at radius 1 is 1.67 bits per heavy atom. The zero-order valence-corrected chi connectivity index (χ0v) is 12.2. The molecule has 0 aliphatic carbocycles. The van der Waals surface area contributed by atoms with Gasteiger partial charge in [-0.25, -0.2) is 9.78 Å². The summed E-state index contributed by atoms with van der Waals surface area (Å²) < 4.78 is 4.58. The third-order valence-corrected chi connectivity index (χ3v) is 3.74. The summed E-state index contributed by atoms with van der Waals surface area (Å²) in [6, 6.07) is 0. The van der Waals surface area contributed by atoms with Crippen LogP contribution in [0.4, 0.5) is 5.13 Å². The predicted octanol–water partition coefficient (Wildman–Crippen LogP) is 2.55. The summed E-state index contributed by atoms with van der Waals surface area (Å²) in [6.45, 7) is 4.11. The molecule has 0 aromatic carbocycles. The Hall–Kier alpha value is -0.850. The molecular formula is C11H17ClN2O3S. The Morgan fingerprint density at radius 2 is 2.33 bits per heavy atom. The van der Waals surface area contributed by atoms with E-state index in [9.17, 15) is 9.90 Å². The molecule has 5 nitrogen and oxygen atoms in total. The molecule has 18 heavy (non-hydrogen) atoms. The number of aromatic nitrogens is 1. The number of hydrogen-bond donors (Lipinski definition) is 2. The molecule has 1 aromatic rings. The van der Waals surface area contributed by atoms with Crippen LogP contribution >= 0.6 is 22.9 Å². The largest absolute Gasteiger partial charge is 0.465 e. The molecule has 1 unspecified atom stereocenters. The number of thiazole rings is 1. The number of hydrogen-bond acceptors (Lipinski definition) is 6. The molecule has 0 saturated heterocycles. The van der Waals surface area contributed by atoms with Gasteiger partial charge in [0.1, 0.15) is 0 Å². The number of aliphatic hydroxyl groups is 1. The second kappa shape index (κ2) is 6.36. The lowest BCUT2D eigenvalue weighted by Crippen LogP contribution is -2.33. The molecule has 1 rings (SSSR count). The van der Waals surface area contributed by atoms with Crippen molar-refractivity contribution in [1.29, 1.82) is 0 Å². The summed E-state index contributed by atoms with van der Waals surface area (Å²) in [5.74, 6) is -0.508. The molecule has 0 fully saturated rings. The number of ether oxygens (including phenoxy) is 1. The lowest BCUT2D eigenvalue weighted by molar-refractivity contribution is 0.0605. The van der Waals surface area contributed by atoms with Crippen molar-refractivity contribution >= 4 is 34.0 Å². The Balaban J connectivity index is 2.67. The van der Waals surface area contributed by atoms with E-state index < -0.39 is 11.6 Å². The Bertz CT molecular complexity index is 420. The van der Waals surface area contributed by atoms with E-state index in [-0.39, 0.29) is 10.0 Å². The third-order valence-electron chi connectivity index (χ3n) is 2.37. The van der Waals surface area contributed by atoms with Gasteiger partial charge in [0, 0.05) is 6.54 Å². The molecule has 0 bridgehead atoms. The predicted molar refractivity (Wildman–Crippen MR) is 72.5 cm³/mol. The molecule has 2 N–H and O–H groups in total. The van der Waals surface area contributed by atoms with Crippen molar-refractivity contribution in [2.75, 3.05) is 19.0 Å². The average Bonchev–Trinajstić information content (AvgIpc) is 2.67. The van der Waals surface area contributed by atoms with Gasteiger partial charge in [0.15, 0.2) is 15.2 Å². The fourth-order valence-electron chi connectivity index (χ4n) is 1.49. The summed E-state index contributed by atoms with van der Waals surface area (Å²) in [6.07, 6.45) is 1.57. The van der Waals surface area contributed by atoms with Crippen LogP contribution in [-0.4, -0.2) is 35.3 Å². The fourth-order valence-corrected chi connectivity index (χ4v) is 2.59. The zero-order valence-electron chi connectivity index (χ0n) is 10.6. The second-order valence-corrected chi connectivity index (χ2v) is 5.59. The smallest absolute Gasteiger partial charge is 0.351 e. The number of nitrogens with zero attached hydrogens (tertiary/aromatic N) is 1. The Labute approximate surface area is 115 Å². The van der Waals surface area contributed by atoms with E-state index >= 15 is 0 Å².